The van der Waals surface area contributed by atoms with Gasteiger partial charge in [0.15, 0.2) is 0 Å². The number of benzene rings is 2. The molecule has 2 aromatic rings. The highest BCUT2D eigenvalue weighted by Crippen LogP contribution is 2.40. The van der Waals surface area contributed by atoms with Crippen molar-refractivity contribution in [2.24, 2.45) is 0 Å². The van der Waals surface area contributed by atoms with Crippen molar-refractivity contribution in [1.82, 2.24) is 0 Å². The van der Waals surface area contributed by atoms with Crippen LogP contribution >= 0.6 is 0 Å². The van der Waals surface area contributed by atoms with Crippen molar-refractivity contribution in [3.8, 4) is 11.8 Å². The van der Waals surface area contributed by atoms with E-state index in [1.165, 1.54) is 0 Å². The van der Waals surface area contributed by atoms with E-state index >= 15 is 0 Å². The van der Waals surface area contributed by atoms with Gasteiger partial charge < -0.3 is 0 Å². The van der Waals surface area contributed by atoms with Gasteiger partial charge in [0.1, 0.15) is 0 Å². The van der Waals surface area contributed by atoms with Gasteiger partial charge in [-0.2, -0.15) is 0 Å². The monoisotopic (exact) mass is 334 g/mol. The van der Waals surface area contributed by atoms with Gasteiger partial charge >= 0.3 is 0 Å². The molecule has 0 bridgehead atoms. The van der Waals surface area contributed by atoms with Gasteiger partial charge in [-0.3, -0.25) is 0 Å². The summed E-state index contributed by atoms with van der Waals surface area (Å²) in [6.07, 6.45) is 0. The first-order valence-electron chi connectivity index (χ1n) is 9.06. The van der Waals surface area contributed by atoms with Gasteiger partial charge in [-0.05, 0) is 40.9 Å². The Morgan fingerprint density at radius 3 is 1.42 bits per heavy atom. The largest absolute Gasteiger partial charge is 0.0942 e. The van der Waals surface area contributed by atoms with E-state index in [0.717, 1.165) is 27.8 Å². The van der Waals surface area contributed by atoms with Crippen LogP contribution in [0.5, 0.6) is 0 Å². The molecule has 0 unspecified atom stereocenters. The summed E-state index contributed by atoms with van der Waals surface area (Å²) in [5.74, 6) is 6.54. The van der Waals surface area contributed by atoms with Gasteiger partial charge in [-0.15, -0.1) is 0 Å². The van der Waals surface area contributed by atoms with E-state index in [1.54, 1.807) is 5.19 Å². The van der Waals surface area contributed by atoms with Gasteiger partial charge in [0.2, 0.25) is 0 Å². The molecule has 0 saturated carbocycles. The molecule has 24 heavy (non-hydrogen) atoms. The predicted octanol–water partition coefficient (Wildman–Crippen LogP) is 5.97. The molecule has 0 saturated heterocycles. The third-order valence-electron chi connectivity index (χ3n) is 5.38. The van der Waals surface area contributed by atoms with Crippen LogP contribution in [-0.2, 0) is 0 Å². The van der Waals surface area contributed by atoms with Gasteiger partial charge in [0, 0.05) is 11.1 Å². The van der Waals surface area contributed by atoms with Gasteiger partial charge in [0.05, 0.1) is 8.07 Å². The minimum atomic E-state index is -1.56. The van der Waals surface area contributed by atoms with Crippen molar-refractivity contribution >= 4 is 13.3 Å². The molecule has 0 aromatic heterocycles. The van der Waals surface area contributed by atoms with Crippen LogP contribution in [-0.4, -0.2) is 8.07 Å². The Balaban J connectivity index is 2.36. The van der Waals surface area contributed by atoms with Gasteiger partial charge in [-0.25, -0.2) is 0 Å². The van der Waals surface area contributed by atoms with Gasteiger partial charge in [0.25, 0.3) is 0 Å². The van der Waals surface area contributed by atoms with Crippen LogP contribution in [0.3, 0.4) is 0 Å². The third kappa shape index (κ3) is 3.65. The predicted molar refractivity (Wildman–Crippen MR) is 110 cm³/mol. The zero-order valence-electron chi connectivity index (χ0n) is 15.9. The van der Waals surface area contributed by atoms with Gasteiger partial charge in [-0.1, -0.05) is 88.9 Å². The molecule has 2 aromatic carbocycles. The lowest BCUT2D eigenvalue weighted by atomic mass is 10.2. The molecule has 0 aliphatic heterocycles. The van der Waals surface area contributed by atoms with Crippen LogP contribution in [0.2, 0.25) is 16.6 Å². The lowest BCUT2D eigenvalue weighted by molar-refractivity contribution is 0.835. The molecular weight excluding hydrogens is 304 g/mol. The molecular formula is C23H30Si. The number of hydrogen-bond acceptors (Lipinski definition) is 0. The Bertz CT molecular complexity index is 675. The zero-order chi connectivity index (χ0) is 17.7. The first-order valence-corrected chi connectivity index (χ1v) is 11.3. The number of hydrogen-bond donors (Lipinski definition) is 0. The Hall–Kier alpha value is -1.78. The van der Waals surface area contributed by atoms with Crippen LogP contribution in [0.4, 0.5) is 0 Å². The molecule has 126 valence electrons. The molecule has 0 aliphatic carbocycles. The average Bonchev–Trinajstić information content (AvgIpc) is 2.54. The first kappa shape index (κ1) is 18.6. The molecule has 0 aliphatic rings. The quantitative estimate of drug-likeness (QED) is 0.477. The molecule has 0 radical (unpaired) electrons. The molecule has 0 spiro atoms. The van der Waals surface area contributed by atoms with Crippen molar-refractivity contribution in [1.29, 1.82) is 0 Å². The summed E-state index contributed by atoms with van der Waals surface area (Å²) in [6.45, 7) is 14.5. The minimum absolute atomic E-state index is 0.735. The standard InChI is InChI=1S/C23H30Si/c1-18(2)24(19(3)4,20(5)6)23-16-14-22(15-17-23)13-12-21-10-8-7-9-11-21/h7-11,14-20H,1-6H3. The highest BCUT2D eigenvalue weighted by atomic mass is 28.3. The molecule has 0 fully saturated rings. The summed E-state index contributed by atoms with van der Waals surface area (Å²) in [5.41, 5.74) is 4.37. The van der Waals surface area contributed by atoms with E-state index in [1.807, 2.05) is 18.2 Å². The van der Waals surface area contributed by atoms with Crippen molar-refractivity contribution in [3.63, 3.8) is 0 Å². The minimum Gasteiger partial charge on any atom is -0.0648 e. The molecule has 0 heterocycles. The first-order chi connectivity index (χ1) is 11.4. The second kappa shape index (κ2) is 7.86. The summed E-state index contributed by atoms with van der Waals surface area (Å²) in [7, 11) is -1.56. The zero-order valence-corrected chi connectivity index (χ0v) is 16.9. The second-order valence-electron chi connectivity index (χ2n) is 7.59. The summed E-state index contributed by atoms with van der Waals surface area (Å²) in [6, 6.07) is 19.3. The normalized spacial score (nSPS) is 11.7. The lowest BCUT2D eigenvalue weighted by Crippen LogP contribution is -2.55. The van der Waals surface area contributed by atoms with E-state index in [4.69, 9.17) is 0 Å². The van der Waals surface area contributed by atoms with E-state index < -0.39 is 8.07 Å². The van der Waals surface area contributed by atoms with Crippen LogP contribution in [0.15, 0.2) is 54.6 Å². The fourth-order valence-electron chi connectivity index (χ4n) is 4.51. The third-order valence-corrected chi connectivity index (χ3v) is 12.4. The maximum Gasteiger partial charge on any atom is 0.0942 e. The molecule has 1 heteroatoms. The summed E-state index contributed by atoms with van der Waals surface area (Å²) in [5, 5.41) is 1.58. The Morgan fingerprint density at radius 1 is 0.583 bits per heavy atom. The molecule has 0 nitrogen and oxygen atoms in total. The second-order valence-corrected chi connectivity index (χ2v) is 13.5. The highest BCUT2D eigenvalue weighted by Gasteiger charge is 2.43. The van der Waals surface area contributed by atoms with E-state index in [2.05, 4.69) is 89.8 Å². The summed E-state index contributed by atoms with van der Waals surface area (Å²) < 4.78 is 0. The van der Waals surface area contributed by atoms with Crippen LogP contribution in [0.25, 0.3) is 0 Å². The van der Waals surface area contributed by atoms with Crippen LogP contribution in [0.1, 0.15) is 52.7 Å². The summed E-state index contributed by atoms with van der Waals surface area (Å²) in [4.78, 5) is 0. The van der Waals surface area contributed by atoms with Crippen molar-refractivity contribution in [3.05, 3.63) is 65.7 Å². The SMILES string of the molecule is CC(C)[Si](c1ccc(C#Cc2ccccc2)cc1)(C(C)C)C(C)C. The Morgan fingerprint density at radius 2 is 1.00 bits per heavy atom. The van der Waals surface area contributed by atoms with Crippen LogP contribution in [0, 0.1) is 11.8 Å². The van der Waals surface area contributed by atoms with E-state index in [9.17, 15) is 0 Å². The smallest absolute Gasteiger partial charge is 0.0648 e. The molecule has 2 rings (SSSR count). The van der Waals surface area contributed by atoms with Crippen molar-refractivity contribution in [2.45, 2.75) is 58.2 Å². The van der Waals surface area contributed by atoms with Crippen molar-refractivity contribution < 1.29 is 0 Å². The Kier molecular flexibility index (Phi) is 6.08. The summed E-state index contributed by atoms with van der Waals surface area (Å²) >= 11 is 0. The van der Waals surface area contributed by atoms with Crippen LogP contribution < -0.4 is 5.19 Å². The number of rotatable bonds is 4. The fourth-order valence-corrected chi connectivity index (χ4v) is 11.3. The molecule has 0 amide bonds. The van der Waals surface area contributed by atoms with E-state index in [-0.39, 0.29) is 0 Å². The Labute approximate surface area is 149 Å². The van der Waals surface area contributed by atoms with E-state index in [0.29, 0.717) is 0 Å². The lowest BCUT2D eigenvalue weighted by Gasteiger charge is -2.43. The highest BCUT2D eigenvalue weighted by molar-refractivity contribution is 6.95. The molecule has 0 N–H and O–H groups in total. The maximum absolute atomic E-state index is 3.29. The average molecular weight is 335 g/mol. The molecule has 0 atom stereocenters. The van der Waals surface area contributed by atoms with Crippen molar-refractivity contribution in [2.75, 3.05) is 0 Å². The maximum atomic E-state index is 3.29. The topological polar surface area (TPSA) is 0 Å². The fraction of sp³-hybridized carbons (Fsp3) is 0.391.